The first-order valence-corrected chi connectivity index (χ1v) is 5.55. The molecule has 0 saturated carbocycles. The van der Waals surface area contributed by atoms with Crippen LogP contribution in [0.3, 0.4) is 0 Å². The zero-order valence-electron chi connectivity index (χ0n) is 9.26. The van der Waals surface area contributed by atoms with E-state index in [9.17, 15) is 0 Å². The summed E-state index contributed by atoms with van der Waals surface area (Å²) in [5.41, 5.74) is 2.50. The minimum atomic E-state index is 0.426. The van der Waals surface area contributed by atoms with Crippen LogP contribution in [0.25, 0.3) is 0 Å². The Morgan fingerprint density at radius 2 is 2.25 bits per heavy atom. The number of benzene rings is 1. The first-order chi connectivity index (χ1) is 7.84. The number of rotatable bonds is 2. The molecule has 2 heterocycles. The highest BCUT2D eigenvalue weighted by molar-refractivity contribution is 5.39. The van der Waals surface area contributed by atoms with Gasteiger partial charge in [0.05, 0.1) is 13.2 Å². The molecule has 0 saturated heterocycles. The summed E-state index contributed by atoms with van der Waals surface area (Å²) in [6.45, 7) is 3.74. The van der Waals surface area contributed by atoms with Gasteiger partial charge in [0, 0.05) is 23.4 Å². The van der Waals surface area contributed by atoms with E-state index in [2.05, 4.69) is 24.2 Å². The van der Waals surface area contributed by atoms with Crippen molar-refractivity contribution in [3.05, 3.63) is 47.8 Å². The minimum Gasteiger partial charge on any atom is -0.493 e. The second kappa shape index (κ2) is 3.67. The molecule has 3 rings (SSSR count). The van der Waals surface area contributed by atoms with Crippen molar-refractivity contribution in [1.29, 1.82) is 0 Å². The highest BCUT2D eigenvalue weighted by Crippen LogP contribution is 2.34. The Bertz CT molecular complexity index is 504. The van der Waals surface area contributed by atoms with Crippen LogP contribution in [0.2, 0.25) is 0 Å². The quantitative estimate of drug-likeness (QED) is 0.767. The van der Waals surface area contributed by atoms with Gasteiger partial charge in [-0.1, -0.05) is 18.2 Å². The van der Waals surface area contributed by atoms with Crippen LogP contribution in [0, 0.1) is 6.92 Å². The van der Waals surface area contributed by atoms with Crippen molar-refractivity contribution in [2.24, 2.45) is 0 Å². The number of ether oxygens (including phenoxy) is 1. The molecule has 1 aliphatic rings. The van der Waals surface area contributed by atoms with Crippen LogP contribution in [0.1, 0.15) is 17.2 Å². The van der Waals surface area contributed by atoms with Gasteiger partial charge in [0.2, 0.25) is 0 Å². The zero-order valence-corrected chi connectivity index (χ0v) is 9.26. The highest BCUT2D eigenvalue weighted by Gasteiger charge is 2.24. The predicted octanol–water partition coefficient (Wildman–Crippen LogP) is 2.37. The molecule has 0 fully saturated rings. The number of aromatic nitrogens is 2. The fraction of sp³-hybridized carbons (Fsp3) is 0.308. The average Bonchev–Trinajstić information content (AvgIpc) is 2.88. The Morgan fingerprint density at radius 3 is 3.06 bits per heavy atom. The monoisotopic (exact) mass is 214 g/mol. The summed E-state index contributed by atoms with van der Waals surface area (Å²) in [5, 5.41) is 4.31. The number of aryl methyl sites for hydroxylation is 1. The van der Waals surface area contributed by atoms with Crippen molar-refractivity contribution in [3.63, 3.8) is 0 Å². The Balaban J connectivity index is 1.86. The van der Waals surface area contributed by atoms with E-state index in [0.717, 1.165) is 18.9 Å². The molecule has 0 aliphatic carbocycles. The first-order valence-electron chi connectivity index (χ1n) is 5.55. The summed E-state index contributed by atoms with van der Waals surface area (Å²) < 4.78 is 7.70. The van der Waals surface area contributed by atoms with Gasteiger partial charge >= 0.3 is 0 Å². The van der Waals surface area contributed by atoms with E-state index < -0.39 is 0 Å². The largest absolute Gasteiger partial charge is 0.493 e. The van der Waals surface area contributed by atoms with Crippen LogP contribution < -0.4 is 4.74 Å². The van der Waals surface area contributed by atoms with Gasteiger partial charge in [-0.25, -0.2) is 0 Å². The Kier molecular flexibility index (Phi) is 2.17. The SMILES string of the molecule is Cc1ccnn1CC1COc2ccccc21. The van der Waals surface area contributed by atoms with Crippen molar-refractivity contribution in [2.45, 2.75) is 19.4 Å². The Hall–Kier alpha value is -1.77. The minimum absolute atomic E-state index is 0.426. The van der Waals surface area contributed by atoms with E-state index in [1.807, 2.05) is 29.1 Å². The molecule has 0 spiro atoms. The molecule has 1 atom stereocenters. The second-order valence-electron chi connectivity index (χ2n) is 4.20. The number of hydrogen-bond donors (Lipinski definition) is 0. The summed E-state index contributed by atoms with van der Waals surface area (Å²) in [4.78, 5) is 0. The van der Waals surface area contributed by atoms with Gasteiger partial charge in [0.25, 0.3) is 0 Å². The van der Waals surface area contributed by atoms with Crippen molar-refractivity contribution >= 4 is 0 Å². The summed E-state index contributed by atoms with van der Waals surface area (Å²) in [6, 6.07) is 10.3. The predicted molar refractivity (Wildman–Crippen MR) is 61.6 cm³/mol. The lowest BCUT2D eigenvalue weighted by Crippen LogP contribution is -2.12. The first kappa shape index (κ1) is 9.46. The van der Waals surface area contributed by atoms with Gasteiger partial charge in [0.1, 0.15) is 5.75 Å². The van der Waals surface area contributed by atoms with E-state index in [1.165, 1.54) is 11.3 Å². The molecule has 16 heavy (non-hydrogen) atoms. The van der Waals surface area contributed by atoms with E-state index in [0.29, 0.717) is 5.92 Å². The van der Waals surface area contributed by atoms with E-state index >= 15 is 0 Å². The van der Waals surface area contributed by atoms with Crippen molar-refractivity contribution in [2.75, 3.05) is 6.61 Å². The molecule has 1 unspecified atom stereocenters. The van der Waals surface area contributed by atoms with Crippen LogP contribution in [0.15, 0.2) is 36.5 Å². The lowest BCUT2D eigenvalue weighted by atomic mass is 10.0. The van der Waals surface area contributed by atoms with Gasteiger partial charge in [0.15, 0.2) is 0 Å². The van der Waals surface area contributed by atoms with Crippen molar-refractivity contribution in [1.82, 2.24) is 9.78 Å². The zero-order chi connectivity index (χ0) is 11.0. The fourth-order valence-corrected chi connectivity index (χ4v) is 2.18. The van der Waals surface area contributed by atoms with Gasteiger partial charge in [-0.2, -0.15) is 5.10 Å². The lowest BCUT2D eigenvalue weighted by Gasteiger charge is -2.10. The average molecular weight is 214 g/mol. The third-order valence-electron chi connectivity index (χ3n) is 3.12. The summed E-state index contributed by atoms with van der Waals surface area (Å²) in [6.07, 6.45) is 1.84. The van der Waals surface area contributed by atoms with Gasteiger partial charge in [-0.3, -0.25) is 4.68 Å². The topological polar surface area (TPSA) is 27.1 Å². The van der Waals surface area contributed by atoms with Gasteiger partial charge in [-0.15, -0.1) is 0 Å². The molecule has 0 N–H and O–H groups in total. The van der Waals surface area contributed by atoms with Crippen LogP contribution in [0.5, 0.6) is 5.75 Å². The standard InChI is InChI=1S/C13H14N2O/c1-10-6-7-14-15(10)8-11-9-16-13-5-3-2-4-12(11)13/h2-7,11H,8-9H2,1H3. The summed E-state index contributed by atoms with van der Waals surface area (Å²) in [7, 11) is 0. The number of nitrogens with zero attached hydrogens (tertiary/aromatic N) is 2. The maximum Gasteiger partial charge on any atom is 0.122 e. The molecule has 0 radical (unpaired) electrons. The molecule has 3 nitrogen and oxygen atoms in total. The highest BCUT2D eigenvalue weighted by atomic mass is 16.5. The number of fused-ring (bicyclic) bond motifs is 1. The number of para-hydroxylation sites is 1. The fourth-order valence-electron chi connectivity index (χ4n) is 2.18. The molecule has 3 heteroatoms. The molecule has 1 aromatic carbocycles. The second-order valence-corrected chi connectivity index (χ2v) is 4.20. The van der Waals surface area contributed by atoms with Crippen LogP contribution in [0.4, 0.5) is 0 Å². The summed E-state index contributed by atoms with van der Waals surface area (Å²) >= 11 is 0. The molecular formula is C13H14N2O. The molecule has 82 valence electrons. The molecular weight excluding hydrogens is 200 g/mol. The number of hydrogen-bond acceptors (Lipinski definition) is 2. The normalized spacial score (nSPS) is 18.2. The third kappa shape index (κ3) is 1.48. The molecule has 1 aromatic heterocycles. The molecule has 2 aromatic rings. The summed E-state index contributed by atoms with van der Waals surface area (Å²) in [5.74, 6) is 1.45. The Morgan fingerprint density at radius 1 is 1.38 bits per heavy atom. The smallest absolute Gasteiger partial charge is 0.122 e. The van der Waals surface area contributed by atoms with Gasteiger partial charge < -0.3 is 4.74 Å². The molecule has 0 bridgehead atoms. The Labute approximate surface area is 94.7 Å². The van der Waals surface area contributed by atoms with E-state index in [-0.39, 0.29) is 0 Å². The van der Waals surface area contributed by atoms with Crippen molar-refractivity contribution in [3.8, 4) is 5.75 Å². The van der Waals surface area contributed by atoms with Crippen molar-refractivity contribution < 1.29 is 4.74 Å². The van der Waals surface area contributed by atoms with Gasteiger partial charge in [-0.05, 0) is 19.1 Å². The molecule has 0 amide bonds. The van der Waals surface area contributed by atoms with Crippen LogP contribution in [-0.2, 0) is 6.54 Å². The lowest BCUT2D eigenvalue weighted by molar-refractivity contribution is 0.314. The van der Waals surface area contributed by atoms with E-state index in [4.69, 9.17) is 4.74 Å². The van der Waals surface area contributed by atoms with Crippen LogP contribution >= 0.6 is 0 Å². The van der Waals surface area contributed by atoms with E-state index in [1.54, 1.807) is 0 Å². The maximum atomic E-state index is 5.66. The maximum absolute atomic E-state index is 5.66. The third-order valence-corrected chi connectivity index (χ3v) is 3.12. The molecule has 1 aliphatic heterocycles. The van der Waals surface area contributed by atoms with Crippen LogP contribution in [-0.4, -0.2) is 16.4 Å².